The summed E-state index contributed by atoms with van der Waals surface area (Å²) in [4.78, 5) is 0. The molecule has 0 saturated carbocycles. The Bertz CT molecular complexity index is 1120. The highest BCUT2D eigenvalue weighted by atomic mass is 32.1. The van der Waals surface area contributed by atoms with Gasteiger partial charge in [-0.25, -0.2) is 0 Å². The van der Waals surface area contributed by atoms with Gasteiger partial charge in [-0.05, 0) is 60.2 Å². The third-order valence-electron chi connectivity index (χ3n) is 5.78. The van der Waals surface area contributed by atoms with Crippen molar-refractivity contribution < 1.29 is 4.74 Å². The molecule has 0 unspecified atom stereocenters. The number of benzene rings is 3. The second-order valence-corrected chi connectivity index (χ2v) is 9.35. The molecular weight excluding hydrogens is 424 g/mol. The molecule has 0 atom stereocenters. The molecule has 0 radical (unpaired) electrons. The Morgan fingerprint density at radius 1 is 0.606 bits per heavy atom. The van der Waals surface area contributed by atoms with Crippen molar-refractivity contribution in [3.63, 3.8) is 0 Å². The van der Waals surface area contributed by atoms with E-state index in [4.69, 9.17) is 4.74 Å². The van der Waals surface area contributed by atoms with Gasteiger partial charge in [0.2, 0.25) is 0 Å². The molecule has 33 heavy (non-hydrogen) atoms. The second kappa shape index (κ2) is 11.8. The van der Waals surface area contributed by atoms with Gasteiger partial charge in [0.05, 0.1) is 6.61 Å². The highest BCUT2D eigenvalue weighted by Gasteiger charge is 2.09. The highest BCUT2D eigenvalue weighted by molar-refractivity contribution is 7.17. The molecule has 0 fully saturated rings. The Morgan fingerprint density at radius 2 is 1.12 bits per heavy atom. The fourth-order valence-corrected chi connectivity index (χ4v) is 4.59. The van der Waals surface area contributed by atoms with Gasteiger partial charge in [-0.15, -0.1) is 10.2 Å². The molecule has 0 amide bonds. The number of hydrogen-bond donors (Lipinski definition) is 0. The summed E-state index contributed by atoms with van der Waals surface area (Å²) < 4.78 is 5.76. The van der Waals surface area contributed by atoms with E-state index in [0.29, 0.717) is 0 Å². The number of hydrogen-bond acceptors (Lipinski definition) is 4. The predicted octanol–water partition coefficient (Wildman–Crippen LogP) is 8.45. The molecule has 170 valence electrons. The maximum atomic E-state index is 5.76. The molecule has 4 heteroatoms. The minimum Gasteiger partial charge on any atom is -0.494 e. The monoisotopic (exact) mass is 456 g/mol. The van der Waals surface area contributed by atoms with Crippen LogP contribution in [-0.4, -0.2) is 16.8 Å². The largest absolute Gasteiger partial charge is 0.494 e. The first-order valence-electron chi connectivity index (χ1n) is 12.0. The molecule has 0 spiro atoms. The van der Waals surface area contributed by atoms with Gasteiger partial charge < -0.3 is 4.74 Å². The summed E-state index contributed by atoms with van der Waals surface area (Å²) in [7, 11) is 0. The van der Waals surface area contributed by atoms with Crippen molar-refractivity contribution in [3.05, 3.63) is 78.4 Å². The smallest absolute Gasteiger partial charge is 0.148 e. The van der Waals surface area contributed by atoms with Gasteiger partial charge in [0, 0.05) is 11.1 Å². The number of rotatable bonds is 11. The molecule has 0 aliphatic rings. The van der Waals surface area contributed by atoms with Crippen LogP contribution in [0.2, 0.25) is 0 Å². The standard InChI is InChI=1S/C29H32N2OS/c1-3-5-7-8-22-9-11-23(12-10-22)24-13-15-25(16-14-24)28-30-31-29(33-28)26-17-19-27(20-18-26)32-21-6-4-2/h9-20H,3-8,21H2,1-2H3. The zero-order valence-electron chi connectivity index (χ0n) is 19.6. The summed E-state index contributed by atoms with van der Waals surface area (Å²) in [6.07, 6.45) is 7.21. The Labute approximate surface area is 201 Å². The van der Waals surface area contributed by atoms with E-state index >= 15 is 0 Å². The molecule has 0 N–H and O–H groups in total. The van der Waals surface area contributed by atoms with Crippen LogP contribution in [0.4, 0.5) is 0 Å². The van der Waals surface area contributed by atoms with E-state index in [1.165, 1.54) is 42.4 Å². The number of nitrogens with zero attached hydrogens (tertiary/aromatic N) is 2. The summed E-state index contributed by atoms with van der Waals surface area (Å²) in [5.41, 5.74) is 6.06. The number of ether oxygens (including phenoxy) is 1. The topological polar surface area (TPSA) is 35.0 Å². The zero-order chi connectivity index (χ0) is 22.9. The lowest BCUT2D eigenvalue weighted by Crippen LogP contribution is -1.95. The molecule has 3 aromatic carbocycles. The van der Waals surface area contributed by atoms with Crippen LogP contribution in [-0.2, 0) is 6.42 Å². The molecule has 1 aromatic heterocycles. The van der Waals surface area contributed by atoms with Crippen molar-refractivity contribution in [2.75, 3.05) is 6.61 Å². The van der Waals surface area contributed by atoms with Crippen molar-refractivity contribution in [1.82, 2.24) is 10.2 Å². The van der Waals surface area contributed by atoms with Gasteiger partial charge in [-0.1, -0.05) is 93.0 Å². The average molecular weight is 457 g/mol. The first kappa shape index (κ1) is 23.2. The van der Waals surface area contributed by atoms with E-state index in [1.54, 1.807) is 11.3 Å². The van der Waals surface area contributed by atoms with Crippen LogP contribution in [0.15, 0.2) is 72.8 Å². The fourth-order valence-electron chi connectivity index (χ4n) is 3.73. The van der Waals surface area contributed by atoms with Crippen molar-refractivity contribution >= 4 is 11.3 Å². The van der Waals surface area contributed by atoms with Crippen LogP contribution in [0.5, 0.6) is 5.75 Å². The van der Waals surface area contributed by atoms with Crippen LogP contribution >= 0.6 is 11.3 Å². The summed E-state index contributed by atoms with van der Waals surface area (Å²) in [6.45, 7) is 5.18. The Hall–Kier alpha value is -2.98. The summed E-state index contributed by atoms with van der Waals surface area (Å²) in [5, 5.41) is 10.7. The molecule has 0 aliphatic heterocycles. The Balaban J connectivity index is 1.40. The van der Waals surface area contributed by atoms with Gasteiger partial charge in [-0.2, -0.15) is 0 Å². The van der Waals surface area contributed by atoms with Gasteiger partial charge in [0.1, 0.15) is 15.8 Å². The van der Waals surface area contributed by atoms with Crippen molar-refractivity contribution in [1.29, 1.82) is 0 Å². The van der Waals surface area contributed by atoms with Gasteiger partial charge in [-0.3, -0.25) is 0 Å². The third kappa shape index (κ3) is 6.29. The van der Waals surface area contributed by atoms with Gasteiger partial charge in [0.15, 0.2) is 0 Å². The average Bonchev–Trinajstić information content (AvgIpc) is 3.36. The minimum atomic E-state index is 0.762. The fraction of sp³-hybridized carbons (Fsp3) is 0.310. The lowest BCUT2D eigenvalue weighted by Gasteiger charge is -2.05. The number of unbranched alkanes of at least 4 members (excludes halogenated alkanes) is 3. The molecule has 3 nitrogen and oxygen atoms in total. The van der Waals surface area contributed by atoms with Gasteiger partial charge in [0.25, 0.3) is 0 Å². The molecule has 0 saturated heterocycles. The van der Waals surface area contributed by atoms with E-state index in [1.807, 2.05) is 12.1 Å². The van der Waals surface area contributed by atoms with Crippen molar-refractivity contribution in [2.24, 2.45) is 0 Å². The van der Waals surface area contributed by atoms with E-state index in [9.17, 15) is 0 Å². The van der Waals surface area contributed by atoms with E-state index in [2.05, 4.69) is 84.7 Å². The first-order chi connectivity index (χ1) is 16.3. The quantitative estimate of drug-likeness (QED) is 0.212. The predicted molar refractivity (Wildman–Crippen MR) is 140 cm³/mol. The Morgan fingerprint density at radius 3 is 1.70 bits per heavy atom. The van der Waals surface area contributed by atoms with Crippen LogP contribution < -0.4 is 4.74 Å². The van der Waals surface area contributed by atoms with E-state index < -0.39 is 0 Å². The normalized spacial score (nSPS) is 11.0. The highest BCUT2D eigenvalue weighted by Crippen LogP contribution is 2.32. The van der Waals surface area contributed by atoms with Gasteiger partial charge >= 0.3 is 0 Å². The summed E-state index contributed by atoms with van der Waals surface area (Å²) in [6, 6.07) is 25.7. The lowest BCUT2D eigenvalue weighted by atomic mass is 10.0. The third-order valence-corrected chi connectivity index (χ3v) is 6.80. The molecule has 0 aliphatic carbocycles. The van der Waals surface area contributed by atoms with E-state index in [-0.39, 0.29) is 0 Å². The summed E-state index contributed by atoms with van der Waals surface area (Å²) >= 11 is 1.62. The lowest BCUT2D eigenvalue weighted by molar-refractivity contribution is 0.309. The maximum Gasteiger partial charge on any atom is 0.148 e. The molecule has 1 heterocycles. The van der Waals surface area contributed by atoms with Crippen LogP contribution in [0.3, 0.4) is 0 Å². The first-order valence-corrected chi connectivity index (χ1v) is 12.8. The maximum absolute atomic E-state index is 5.76. The van der Waals surface area contributed by atoms with Crippen molar-refractivity contribution in [2.45, 2.75) is 52.4 Å². The van der Waals surface area contributed by atoms with Crippen LogP contribution in [0.1, 0.15) is 51.5 Å². The van der Waals surface area contributed by atoms with Crippen molar-refractivity contribution in [3.8, 4) is 38.0 Å². The molecule has 4 aromatic rings. The number of aromatic nitrogens is 2. The zero-order valence-corrected chi connectivity index (χ0v) is 20.4. The Kier molecular flexibility index (Phi) is 8.26. The van der Waals surface area contributed by atoms with E-state index in [0.717, 1.165) is 46.3 Å². The molecular formula is C29H32N2OS. The SMILES string of the molecule is CCCCCc1ccc(-c2ccc(-c3nnc(-c4ccc(OCCCC)cc4)s3)cc2)cc1. The van der Waals surface area contributed by atoms with Crippen LogP contribution in [0.25, 0.3) is 32.3 Å². The molecule has 0 bridgehead atoms. The molecule has 4 rings (SSSR count). The van der Waals surface area contributed by atoms with Crippen LogP contribution in [0, 0.1) is 0 Å². The minimum absolute atomic E-state index is 0.762. The number of aryl methyl sites for hydroxylation is 1. The second-order valence-electron chi connectivity index (χ2n) is 8.37. The summed E-state index contributed by atoms with van der Waals surface area (Å²) in [5.74, 6) is 0.904.